The number of rotatable bonds is 2. The molecule has 0 aliphatic heterocycles. The second-order valence-electron chi connectivity index (χ2n) is 12.7. The fourth-order valence-corrected chi connectivity index (χ4v) is 14.5. The summed E-state index contributed by atoms with van der Waals surface area (Å²) in [6.07, 6.45) is 0. The summed E-state index contributed by atoms with van der Waals surface area (Å²) in [5.74, 6) is 2.76. The molecule has 0 amide bonds. The summed E-state index contributed by atoms with van der Waals surface area (Å²) in [7, 11) is -1.74. The minimum atomic E-state index is -1.74. The lowest BCUT2D eigenvalue weighted by Crippen LogP contribution is -2.46. The molecule has 0 fully saturated rings. The Morgan fingerprint density at radius 1 is 0.394 bits per heavy atom. The van der Waals surface area contributed by atoms with E-state index in [1.807, 2.05) is 0 Å². The van der Waals surface area contributed by atoms with Gasteiger partial charge in [-0.1, -0.05) is 40.8 Å². The molecule has 180 valence electrons. The summed E-state index contributed by atoms with van der Waals surface area (Å²) in [6, 6.07) is 0. The Morgan fingerprint density at radius 2 is 0.636 bits per heavy atom. The quantitative estimate of drug-likeness (QED) is 0.392. The molecule has 6 atom stereocenters. The number of benzene rings is 2. The van der Waals surface area contributed by atoms with E-state index in [-0.39, 0.29) is 0 Å². The molecule has 0 saturated heterocycles. The lowest BCUT2D eigenvalue weighted by molar-refractivity contribution is 0.470. The van der Waals surface area contributed by atoms with Gasteiger partial charge >= 0.3 is 0 Å². The maximum atomic E-state index is 2.76. The fourth-order valence-electron chi connectivity index (χ4n) is 8.64. The van der Waals surface area contributed by atoms with Gasteiger partial charge in [-0.3, -0.25) is 0 Å². The lowest BCUT2D eigenvalue weighted by atomic mass is 9.87. The van der Waals surface area contributed by atoms with Gasteiger partial charge in [0.1, 0.15) is 0 Å². The molecule has 6 unspecified atom stereocenters. The SMILES string of the molecule is Cc1c(C)c(C)c2c(c1C)C(C)C(C)C2[Si](C)(C)C1c2c(C)c(C)c(C)c(C)c2C(C)C1C. The average Bonchev–Trinajstić information content (AvgIpc) is 3.19. The first kappa shape index (κ1) is 24.8. The van der Waals surface area contributed by atoms with Crippen LogP contribution in [-0.2, 0) is 0 Å². The highest BCUT2D eigenvalue weighted by molar-refractivity contribution is 6.80. The Bertz CT molecular complexity index is 1060. The highest BCUT2D eigenvalue weighted by Crippen LogP contribution is 2.61. The first-order chi connectivity index (χ1) is 15.2. The van der Waals surface area contributed by atoms with E-state index in [0.717, 1.165) is 22.9 Å². The standard InChI is InChI=1S/C32H48Si/c1-15-17(3)21(7)29-27(19(15)5)23(9)25(11)31(29)33(13,14)32-26(12)24(10)28-20(6)16(2)18(4)22(8)30(28)32/h23-26,31-32H,1-14H3. The Morgan fingerprint density at radius 3 is 0.909 bits per heavy atom. The van der Waals surface area contributed by atoms with Crippen molar-refractivity contribution in [2.24, 2.45) is 11.8 Å². The average molecular weight is 461 g/mol. The van der Waals surface area contributed by atoms with Crippen LogP contribution in [0.25, 0.3) is 0 Å². The zero-order chi connectivity index (χ0) is 24.9. The van der Waals surface area contributed by atoms with Gasteiger partial charge in [0.15, 0.2) is 0 Å². The van der Waals surface area contributed by atoms with Crippen LogP contribution >= 0.6 is 0 Å². The number of hydrogen-bond donors (Lipinski definition) is 0. The molecule has 4 rings (SSSR count). The Hall–Kier alpha value is -1.34. The monoisotopic (exact) mass is 460 g/mol. The summed E-state index contributed by atoms with van der Waals surface area (Å²) >= 11 is 0. The summed E-state index contributed by atoms with van der Waals surface area (Å²) in [5, 5.41) is 0. The molecule has 0 spiro atoms. The van der Waals surface area contributed by atoms with Crippen LogP contribution in [-0.4, -0.2) is 8.07 Å². The zero-order valence-electron chi connectivity index (χ0n) is 24.0. The van der Waals surface area contributed by atoms with Crippen molar-refractivity contribution in [1.29, 1.82) is 0 Å². The van der Waals surface area contributed by atoms with Crippen LogP contribution in [0.5, 0.6) is 0 Å². The molecule has 33 heavy (non-hydrogen) atoms. The highest BCUT2D eigenvalue weighted by Gasteiger charge is 2.55. The molecular formula is C32H48Si. The maximum Gasteiger partial charge on any atom is 0.0635 e. The highest BCUT2D eigenvalue weighted by atomic mass is 28.3. The van der Waals surface area contributed by atoms with Gasteiger partial charge in [0.25, 0.3) is 0 Å². The van der Waals surface area contributed by atoms with E-state index >= 15 is 0 Å². The normalized spacial score (nSPS) is 28.9. The molecule has 0 N–H and O–H groups in total. The molecular weight excluding hydrogens is 412 g/mol. The Balaban J connectivity index is 2.00. The van der Waals surface area contributed by atoms with Gasteiger partial charge in [-0.2, -0.15) is 0 Å². The molecule has 0 aromatic heterocycles. The van der Waals surface area contributed by atoms with Crippen molar-refractivity contribution in [2.45, 2.75) is 119 Å². The molecule has 2 aliphatic rings. The largest absolute Gasteiger partial charge is 0.0684 e. The van der Waals surface area contributed by atoms with E-state index in [1.54, 1.807) is 44.5 Å². The predicted octanol–water partition coefficient (Wildman–Crippen LogP) is 9.31. The molecule has 2 aromatic carbocycles. The summed E-state index contributed by atoms with van der Waals surface area (Å²) in [5.41, 5.74) is 20.9. The van der Waals surface area contributed by atoms with E-state index in [1.165, 1.54) is 22.3 Å². The van der Waals surface area contributed by atoms with Gasteiger partial charge in [-0.05, 0) is 157 Å². The third-order valence-electron chi connectivity index (χ3n) is 11.3. The second-order valence-corrected chi connectivity index (χ2v) is 17.6. The zero-order valence-corrected chi connectivity index (χ0v) is 25.0. The smallest absolute Gasteiger partial charge is 0.0635 e. The van der Waals surface area contributed by atoms with Crippen LogP contribution in [0.15, 0.2) is 0 Å². The molecule has 2 aliphatic carbocycles. The first-order valence-electron chi connectivity index (χ1n) is 13.4. The Kier molecular flexibility index (Phi) is 5.88. The second kappa shape index (κ2) is 7.84. The predicted molar refractivity (Wildman–Crippen MR) is 149 cm³/mol. The number of fused-ring (bicyclic) bond motifs is 2. The van der Waals surface area contributed by atoms with Crippen LogP contribution in [0.1, 0.15) is 117 Å². The molecule has 0 bridgehead atoms. The van der Waals surface area contributed by atoms with Gasteiger partial charge in [-0.15, -0.1) is 0 Å². The van der Waals surface area contributed by atoms with Crippen molar-refractivity contribution in [2.75, 3.05) is 0 Å². The van der Waals surface area contributed by atoms with Crippen molar-refractivity contribution in [3.8, 4) is 0 Å². The van der Waals surface area contributed by atoms with Crippen molar-refractivity contribution in [3.05, 3.63) is 66.8 Å². The van der Waals surface area contributed by atoms with Gasteiger partial charge in [0.05, 0.1) is 8.07 Å². The third-order valence-corrected chi connectivity index (χ3v) is 16.2. The molecule has 0 nitrogen and oxygen atoms in total. The molecule has 0 saturated carbocycles. The molecule has 2 aromatic rings. The van der Waals surface area contributed by atoms with Crippen molar-refractivity contribution in [1.82, 2.24) is 0 Å². The van der Waals surface area contributed by atoms with Crippen LogP contribution < -0.4 is 0 Å². The molecule has 0 heterocycles. The maximum absolute atomic E-state index is 2.76. The van der Waals surface area contributed by atoms with E-state index < -0.39 is 8.07 Å². The summed E-state index contributed by atoms with van der Waals surface area (Å²) in [4.78, 5) is 0. The van der Waals surface area contributed by atoms with Gasteiger partial charge < -0.3 is 0 Å². The van der Waals surface area contributed by atoms with E-state index in [2.05, 4.69) is 96.2 Å². The van der Waals surface area contributed by atoms with E-state index in [9.17, 15) is 0 Å². The van der Waals surface area contributed by atoms with Crippen molar-refractivity contribution in [3.63, 3.8) is 0 Å². The van der Waals surface area contributed by atoms with Crippen LogP contribution in [0.2, 0.25) is 13.1 Å². The van der Waals surface area contributed by atoms with Crippen LogP contribution in [0, 0.1) is 67.2 Å². The van der Waals surface area contributed by atoms with Crippen molar-refractivity contribution < 1.29 is 0 Å². The van der Waals surface area contributed by atoms with Crippen LogP contribution in [0.4, 0.5) is 0 Å². The number of hydrogen-bond acceptors (Lipinski definition) is 0. The van der Waals surface area contributed by atoms with Gasteiger partial charge in [0.2, 0.25) is 0 Å². The first-order valence-corrected chi connectivity index (χ1v) is 16.5. The van der Waals surface area contributed by atoms with Gasteiger partial charge in [0, 0.05) is 0 Å². The third kappa shape index (κ3) is 3.06. The van der Waals surface area contributed by atoms with Crippen molar-refractivity contribution >= 4 is 8.07 Å². The summed E-state index contributed by atoms with van der Waals surface area (Å²) < 4.78 is 0. The lowest BCUT2D eigenvalue weighted by Gasteiger charge is -2.43. The summed E-state index contributed by atoms with van der Waals surface area (Å²) in [6.45, 7) is 34.8. The van der Waals surface area contributed by atoms with E-state index in [4.69, 9.17) is 0 Å². The minimum absolute atomic E-state index is 0.658. The fraction of sp³-hybridized carbons (Fsp3) is 0.625. The van der Waals surface area contributed by atoms with Crippen LogP contribution in [0.3, 0.4) is 0 Å². The topological polar surface area (TPSA) is 0 Å². The minimum Gasteiger partial charge on any atom is -0.0684 e. The van der Waals surface area contributed by atoms with Gasteiger partial charge in [-0.25, -0.2) is 0 Å². The molecule has 1 heteroatoms. The Labute approximate surface area is 205 Å². The molecule has 0 radical (unpaired) electrons. The van der Waals surface area contributed by atoms with E-state index in [0.29, 0.717) is 11.8 Å².